The summed E-state index contributed by atoms with van der Waals surface area (Å²) < 4.78 is 5.99. The third-order valence-corrected chi connectivity index (χ3v) is 5.09. The summed E-state index contributed by atoms with van der Waals surface area (Å²) in [5, 5.41) is 4.04. The van der Waals surface area contributed by atoms with Gasteiger partial charge >= 0.3 is 5.97 Å². The second kappa shape index (κ2) is 7.67. The van der Waals surface area contributed by atoms with Crippen LogP contribution < -0.4 is 5.32 Å². The fraction of sp³-hybridized carbons (Fsp3) is 0.632. The highest BCUT2D eigenvalue weighted by Gasteiger charge is 2.37. The third kappa shape index (κ3) is 4.71. The minimum atomic E-state index is -0.432. The van der Waals surface area contributed by atoms with E-state index in [1.54, 1.807) is 0 Å². The van der Waals surface area contributed by atoms with Gasteiger partial charge in [-0.3, -0.25) is 4.79 Å². The Morgan fingerprint density at radius 3 is 2.30 bits per heavy atom. The van der Waals surface area contributed by atoms with Crippen LogP contribution in [-0.4, -0.2) is 24.7 Å². The minimum Gasteiger partial charge on any atom is -0.459 e. The van der Waals surface area contributed by atoms with E-state index in [9.17, 15) is 4.79 Å². The van der Waals surface area contributed by atoms with Crippen molar-refractivity contribution in [2.75, 3.05) is 13.1 Å². The van der Waals surface area contributed by atoms with Gasteiger partial charge in [-0.05, 0) is 63.4 Å². The van der Waals surface area contributed by atoms with Gasteiger partial charge < -0.3 is 10.1 Å². The Balaban J connectivity index is 2.13. The Kier molecular flexibility index (Phi) is 6.10. The van der Waals surface area contributed by atoms with Crippen molar-refractivity contribution in [1.82, 2.24) is 5.32 Å². The quantitative estimate of drug-likeness (QED) is 0.809. The van der Waals surface area contributed by atoms with Crippen LogP contribution in [0.5, 0.6) is 0 Å². The normalized spacial score (nSPS) is 18.0. The molecule has 0 aromatic heterocycles. The van der Waals surface area contributed by atoms with Crippen LogP contribution >= 0.6 is 11.6 Å². The number of esters is 1. The highest BCUT2D eigenvalue weighted by molar-refractivity contribution is 6.30. The molecule has 4 heteroatoms. The number of hydrogen-bond donors (Lipinski definition) is 1. The Morgan fingerprint density at radius 2 is 1.78 bits per heavy atom. The summed E-state index contributed by atoms with van der Waals surface area (Å²) in [5.74, 6) is 0.192. The van der Waals surface area contributed by atoms with E-state index >= 15 is 0 Å². The first-order valence-electron chi connectivity index (χ1n) is 8.50. The fourth-order valence-corrected chi connectivity index (χ4v) is 3.51. The van der Waals surface area contributed by atoms with E-state index in [1.807, 2.05) is 38.1 Å². The predicted molar refractivity (Wildman–Crippen MR) is 94.8 cm³/mol. The molecule has 23 heavy (non-hydrogen) atoms. The lowest BCUT2D eigenvalue weighted by Gasteiger charge is -2.38. The summed E-state index contributed by atoms with van der Waals surface area (Å²) in [4.78, 5) is 12.9. The van der Waals surface area contributed by atoms with Gasteiger partial charge in [-0.1, -0.05) is 37.6 Å². The van der Waals surface area contributed by atoms with Crippen molar-refractivity contribution in [2.24, 2.45) is 11.8 Å². The van der Waals surface area contributed by atoms with Crippen molar-refractivity contribution in [2.45, 2.75) is 52.1 Å². The lowest BCUT2D eigenvalue weighted by molar-refractivity contribution is -0.165. The third-order valence-electron chi connectivity index (χ3n) is 4.84. The number of piperidine rings is 1. The molecule has 1 fully saturated rings. The van der Waals surface area contributed by atoms with Crippen LogP contribution in [0.3, 0.4) is 0 Å². The smallest absolute Gasteiger partial charge is 0.314 e. The maximum absolute atomic E-state index is 12.9. The summed E-state index contributed by atoms with van der Waals surface area (Å²) in [6.45, 7) is 10.2. The largest absolute Gasteiger partial charge is 0.459 e. The zero-order valence-electron chi connectivity index (χ0n) is 14.6. The van der Waals surface area contributed by atoms with E-state index in [-0.39, 0.29) is 17.8 Å². The van der Waals surface area contributed by atoms with E-state index in [0.29, 0.717) is 10.9 Å². The molecular formula is C19H28ClNO2. The standard InChI is InChI=1S/C19H28ClNO2/c1-13(2)17(14-5-7-16(20)8-6-14)18(22)23-19(3,4)15-9-11-21-12-10-15/h5-8,13,15,17,21H,9-12H2,1-4H3. The first-order valence-corrected chi connectivity index (χ1v) is 8.88. The van der Waals surface area contributed by atoms with Crippen molar-refractivity contribution >= 4 is 17.6 Å². The van der Waals surface area contributed by atoms with Crippen LogP contribution in [0.4, 0.5) is 0 Å². The summed E-state index contributed by atoms with van der Waals surface area (Å²) >= 11 is 5.96. The molecule has 1 aliphatic rings. The van der Waals surface area contributed by atoms with Gasteiger partial charge in [-0.25, -0.2) is 0 Å². The van der Waals surface area contributed by atoms with Gasteiger partial charge in [0.1, 0.15) is 5.60 Å². The van der Waals surface area contributed by atoms with Gasteiger partial charge in [0, 0.05) is 10.9 Å². The Hall–Kier alpha value is -1.06. The second-order valence-electron chi connectivity index (χ2n) is 7.32. The molecule has 1 N–H and O–H groups in total. The van der Waals surface area contributed by atoms with Gasteiger partial charge in [0.05, 0.1) is 5.92 Å². The summed E-state index contributed by atoms with van der Waals surface area (Å²) in [6, 6.07) is 7.51. The molecule has 0 aliphatic carbocycles. The zero-order chi connectivity index (χ0) is 17.0. The van der Waals surface area contributed by atoms with Crippen LogP contribution in [0.2, 0.25) is 5.02 Å². The van der Waals surface area contributed by atoms with Crippen LogP contribution in [0.15, 0.2) is 24.3 Å². The summed E-state index contributed by atoms with van der Waals surface area (Å²) in [5.41, 5.74) is 0.536. The van der Waals surface area contributed by atoms with Gasteiger partial charge in [-0.2, -0.15) is 0 Å². The monoisotopic (exact) mass is 337 g/mol. The number of halogens is 1. The molecule has 3 nitrogen and oxygen atoms in total. The number of rotatable bonds is 5. The number of carbonyl (C=O) groups excluding carboxylic acids is 1. The van der Waals surface area contributed by atoms with Gasteiger partial charge in [0.2, 0.25) is 0 Å². The molecule has 1 unspecified atom stereocenters. The molecule has 0 amide bonds. The second-order valence-corrected chi connectivity index (χ2v) is 7.76. The highest BCUT2D eigenvalue weighted by atomic mass is 35.5. The van der Waals surface area contributed by atoms with Crippen molar-refractivity contribution in [1.29, 1.82) is 0 Å². The molecule has 2 rings (SSSR count). The molecule has 1 saturated heterocycles. The molecule has 0 bridgehead atoms. The molecule has 0 saturated carbocycles. The Bertz CT molecular complexity index is 519. The molecule has 1 atom stereocenters. The first kappa shape index (κ1) is 18.3. The van der Waals surface area contributed by atoms with E-state index in [0.717, 1.165) is 31.5 Å². The average Bonchev–Trinajstić information content (AvgIpc) is 2.49. The molecule has 0 radical (unpaired) electrons. The van der Waals surface area contributed by atoms with E-state index in [2.05, 4.69) is 19.2 Å². The van der Waals surface area contributed by atoms with Gasteiger partial charge in [0.15, 0.2) is 0 Å². The van der Waals surface area contributed by atoms with E-state index < -0.39 is 5.60 Å². The maximum atomic E-state index is 12.9. The van der Waals surface area contributed by atoms with Crippen LogP contribution in [0.1, 0.15) is 52.0 Å². The van der Waals surface area contributed by atoms with Crippen molar-refractivity contribution < 1.29 is 9.53 Å². The number of benzene rings is 1. The number of ether oxygens (including phenoxy) is 1. The topological polar surface area (TPSA) is 38.3 Å². The lowest BCUT2D eigenvalue weighted by atomic mass is 9.82. The maximum Gasteiger partial charge on any atom is 0.314 e. The molecular weight excluding hydrogens is 310 g/mol. The SMILES string of the molecule is CC(C)C(C(=O)OC(C)(C)C1CCNCC1)c1ccc(Cl)cc1. The van der Waals surface area contributed by atoms with Gasteiger partial charge in [-0.15, -0.1) is 0 Å². The molecule has 1 aromatic rings. The summed E-state index contributed by atoms with van der Waals surface area (Å²) in [7, 11) is 0. The summed E-state index contributed by atoms with van der Waals surface area (Å²) in [6.07, 6.45) is 2.10. The predicted octanol–water partition coefficient (Wildman–Crippen LogP) is 4.40. The van der Waals surface area contributed by atoms with Crippen molar-refractivity contribution in [3.8, 4) is 0 Å². The van der Waals surface area contributed by atoms with Crippen LogP contribution in [0, 0.1) is 11.8 Å². The molecule has 1 aliphatic heterocycles. The van der Waals surface area contributed by atoms with Crippen molar-refractivity contribution in [3.05, 3.63) is 34.9 Å². The first-order chi connectivity index (χ1) is 10.8. The molecule has 128 valence electrons. The Labute approximate surface area is 144 Å². The highest BCUT2D eigenvalue weighted by Crippen LogP contribution is 2.33. The zero-order valence-corrected chi connectivity index (χ0v) is 15.3. The fourth-order valence-electron chi connectivity index (χ4n) is 3.39. The van der Waals surface area contributed by atoms with Crippen LogP contribution in [0.25, 0.3) is 0 Å². The number of nitrogens with one attached hydrogen (secondary N) is 1. The number of hydrogen-bond acceptors (Lipinski definition) is 3. The Morgan fingerprint density at radius 1 is 1.22 bits per heavy atom. The average molecular weight is 338 g/mol. The molecule has 0 spiro atoms. The van der Waals surface area contributed by atoms with E-state index in [1.165, 1.54) is 0 Å². The van der Waals surface area contributed by atoms with E-state index in [4.69, 9.17) is 16.3 Å². The van der Waals surface area contributed by atoms with Gasteiger partial charge in [0.25, 0.3) is 0 Å². The molecule has 1 aromatic carbocycles. The van der Waals surface area contributed by atoms with Crippen LogP contribution in [-0.2, 0) is 9.53 Å². The molecule has 1 heterocycles. The minimum absolute atomic E-state index is 0.133. The lowest BCUT2D eigenvalue weighted by Crippen LogP contribution is -2.43. The van der Waals surface area contributed by atoms with Crippen molar-refractivity contribution in [3.63, 3.8) is 0 Å². The number of carbonyl (C=O) groups is 1.